The number of hydrogen-bond acceptors (Lipinski definition) is 8. The van der Waals surface area contributed by atoms with E-state index in [1.54, 1.807) is 4.72 Å². The van der Waals surface area contributed by atoms with Crippen molar-refractivity contribution in [1.29, 1.82) is 0 Å². The number of carbonyl (C=O) groups excluding carboxylic acids is 1. The SMILES string of the molecule is C[C@@H](NC(=O)c1coc(OC2C3=C(C=CC2I)OC2(CCCC2)O3)n1)c1cc(F)c(NS(C)(=O)=O)c(F)c1. The number of ether oxygens (including phenoxy) is 3. The maximum atomic E-state index is 14.4. The highest BCUT2D eigenvalue weighted by molar-refractivity contribution is 14.1. The Morgan fingerprint density at radius 3 is 2.58 bits per heavy atom. The van der Waals surface area contributed by atoms with Gasteiger partial charge in [-0.1, -0.05) is 28.7 Å². The largest absolute Gasteiger partial charge is 0.449 e. The molecule has 2 aromatic rings. The van der Waals surface area contributed by atoms with Crippen molar-refractivity contribution in [3.05, 3.63) is 65.0 Å². The van der Waals surface area contributed by atoms with Gasteiger partial charge >= 0.3 is 6.08 Å². The Kier molecular flexibility index (Phi) is 7.04. The van der Waals surface area contributed by atoms with Crippen LogP contribution >= 0.6 is 22.6 Å². The number of aromatic nitrogens is 1. The Bertz CT molecular complexity index is 1410. The van der Waals surface area contributed by atoms with Gasteiger partial charge in [-0.2, -0.15) is 4.98 Å². The van der Waals surface area contributed by atoms with Crippen molar-refractivity contribution in [2.24, 2.45) is 0 Å². The van der Waals surface area contributed by atoms with Gasteiger partial charge in [-0.25, -0.2) is 17.2 Å². The lowest BCUT2D eigenvalue weighted by Gasteiger charge is -2.25. The second-order valence-corrected chi connectivity index (χ2v) is 12.5. The molecule has 0 bridgehead atoms. The Labute approximate surface area is 231 Å². The molecule has 1 saturated carbocycles. The molecule has 1 spiro atoms. The summed E-state index contributed by atoms with van der Waals surface area (Å²) in [6, 6.07) is 1.02. The van der Waals surface area contributed by atoms with E-state index in [2.05, 4.69) is 32.9 Å². The molecule has 2 aliphatic carbocycles. The second kappa shape index (κ2) is 10.0. The molecule has 5 rings (SSSR count). The van der Waals surface area contributed by atoms with E-state index >= 15 is 0 Å². The van der Waals surface area contributed by atoms with Crippen LogP contribution in [0.2, 0.25) is 0 Å². The lowest BCUT2D eigenvalue weighted by Crippen LogP contribution is -2.33. The number of sulfonamides is 1. The predicted octanol–water partition coefficient (Wildman–Crippen LogP) is 4.46. The van der Waals surface area contributed by atoms with Crippen LogP contribution in [0.5, 0.6) is 6.08 Å². The van der Waals surface area contributed by atoms with E-state index in [0.29, 0.717) is 11.5 Å². The summed E-state index contributed by atoms with van der Waals surface area (Å²) in [5.41, 5.74) is -0.828. The molecule has 1 aromatic carbocycles. The predicted molar refractivity (Wildman–Crippen MR) is 139 cm³/mol. The Balaban J connectivity index is 1.25. The number of hydrogen-bond donors (Lipinski definition) is 2. The highest BCUT2D eigenvalue weighted by Gasteiger charge is 2.49. The Morgan fingerprint density at radius 1 is 1.24 bits per heavy atom. The van der Waals surface area contributed by atoms with E-state index in [0.717, 1.165) is 50.3 Å². The average Bonchev–Trinajstić information content (AvgIpc) is 3.58. The smallest absolute Gasteiger partial charge is 0.395 e. The number of nitrogens with one attached hydrogen (secondary N) is 2. The number of nitrogens with zero attached hydrogens (tertiary/aromatic N) is 1. The van der Waals surface area contributed by atoms with E-state index in [-0.39, 0.29) is 21.3 Å². The first-order chi connectivity index (χ1) is 17.9. The maximum absolute atomic E-state index is 14.4. The number of oxazole rings is 1. The fraction of sp³-hybridized carbons (Fsp3) is 0.417. The summed E-state index contributed by atoms with van der Waals surface area (Å²) >= 11 is 2.20. The number of allylic oxidation sites excluding steroid dienone is 1. The van der Waals surface area contributed by atoms with Crippen molar-refractivity contribution >= 4 is 44.2 Å². The first-order valence-electron chi connectivity index (χ1n) is 11.8. The molecule has 1 amide bonds. The van der Waals surface area contributed by atoms with Crippen LogP contribution in [0.3, 0.4) is 0 Å². The summed E-state index contributed by atoms with van der Waals surface area (Å²) in [4.78, 5) is 16.8. The highest BCUT2D eigenvalue weighted by Crippen LogP contribution is 2.47. The number of alkyl halides is 1. The van der Waals surface area contributed by atoms with Crippen LogP contribution in [0.1, 0.15) is 54.7 Å². The molecule has 38 heavy (non-hydrogen) atoms. The minimum absolute atomic E-state index is 0.0767. The zero-order chi connectivity index (χ0) is 27.2. The molecule has 2 heterocycles. The van der Waals surface area contributed by atoms with Crippen LogP contribution in [0, 0.1) is 11.6 Å². The fourth-order valence-corrected chi connectivity index (χ4v) is 5.75. The van der Waals surface area contributed by atoms with Gasteiger partial charge in [-0.15, -0.1) is 0 Å². The lowest BCUT2D eigenvalue weighted by atomic mass is 10.1. The van der Waals surface area contributed by atoms with Crippen molar-refractivity contribution in [2.45, 2.75) is 54.5 Å². The number of amides is 1. The highest BCUT2D eigenvalue weighted by atomic mass is 127. The number of halogens is 3. The van der Waals surface area contributed by atoms with E-state index < -0.39 is 51.2 Å². The molecule has 204 valence electrons. The first-order valence-corrected chi connectivity index (χ1v) is 14.9. The summed E-state index contributed by atoms with van der Waals surface area (Å²) < 4.78 is 76.7. The Hall–Kier alpha value is -2.88. The summed E-state index contributed by atoms with van der Waals surface area (Å²) in [6.07, 6.45) is 8.56. The van der Waals surface area contributed by atoms with Gasteiger partial charge in [0.25, 0.3) is 11.7 Å². The van der Waals surface area contributed by atoms with Gasteiger partial charge in [-0.3, -0.25) is 9.52 Å². The molecule has 1 fully saturated rings. The number of rotatable bonds is 7. The van der Waals surface area contributed by atoms with Gasteiger partial charge in [0.15, 0.2) is 35.0 Å². The van der Waals surface area contributed by atoms with E-state index in [1.165, 1.54) is 6.92 Å². The summed E-state index contributed by atoms with van der Waals surface area (Å²) in [5, 5.41) is 2.57. The van der Waals surface area contributed by atoms with Gasteiger partial charge in [0.1, 0.15) is 12.0 Å². The molecule has 10 nitrogen and oxygen atoms in total. The van der Waals surface area contributed by atoms with E-state index in [1.807, 2.05) is 12.2 Å². The third-order valence-corrected chi connectivity index (χ3v) is 7.97. The van der Waals surface area contributed by atoms with Crippen LogP contribution in [-0.2, 0) is 19.5 Å². The third-order valence-electron chi connectivity index (χ3n) is 6.32. The molecule has 1 aromatic heterocycles. The molecule has 2 unspecified atom stereocenters. The van der Waals surface area contributed by atoms with Crippen molar-refractivity contribution in [2.75, 3.05) is 11.0 Å². The Morgan fingerprint density at radius 2 is 1.92 bits per heavy atom. The van der Waals surface area contributed by atoms with Gasteiger partial charge in [0.2, 0.25) is 10.0 Å². The molecule has 2 N–H and O–H groups in total. The van der Waals surface area contributed by atoms with Crippen LogP contribution in [0.25, 0.3) is 0 Å². The zero-order valence-corrected chi connectivity index (χ0v) is 23.3. The molecule has 3 aliphatic rings. The standard InChI is InChI=1S/C24H24F2IN3O7S/c1-12(13-9-14(25)19(15(26)10-13)30-38(2,32)33)28-22(31)17-11-34-23(29-17)35-20-16(27)5-6-18-21(20)37-24(36-18)7-3-4-8-24/h5-6,9-12,16,20,30H,3-4,7-8H2,1-2H3,(H,28,31)/t12-,16?,20?/m1/s1. The quantitative estimate of drug-likeness (QED) is 0.328. The molecule has 14 heteroatoms. The number of carbonyl (C=O) groups is 1. The minimum Gasteiger partial charge on any atom is -0.449 e. The van der Waals surface area contributed by atoms with Crippen LogP contribution in [0.15, 0.2) is 46.5 Å². The molecule has 1 aliphatic heterocycles. The van der Waals surface area contributed by atoms with Gasteiger partial charge < -0.3 is 23.9 Å². The van der Waals surface area contributed by atoms with Gasteiger partial charge in [0.05, 0.1) is 16.2 Å². The minimum atomic E-state index is -3.89. The summed E-state index contributed by atoms with van der Waals surface area (Å²) in [5.74, 6) is -2.40. The van der Waals surface area contributed by atoms with Crippen LogP contribution in [-0.4, -0.2) is 41.4 Å². The van der Waals surface area contributed by atoms with Crippen molar-refractivity contribution in [3.63, 3.8) is 0 Å². The molecular weight excluding hydrogens is 639 g/mol. The van der Waals surface area contributed by atoms with E-state index in [4.69, 9.17) is 18.6 Å². The van der Waals surface area contributed by atoms with Crippen molar-refractivity contribution < 1.29 is 40.6 Å². The first kappa shape index (κ1) is 26.7. The molecule has 0 saturated heterocycles. The normalized spacial score (nSPS) is 22.6. The van der Waals surface area contributed by atoms with Crippen LogP contribution in [0.4, 0.5) is 14.5 Å². The molecule has 3 atom stereocenters. The second-order valence-electron chi connectivity index (χ2n) is 9.32. The van der Waals surface area contributed by atoms with Crippen LogP contribution < -0.4 is 14.8 Å². The van der Waals surface area contributed by atoms with E-state index in [9.17, 15) is 22.0 Å². The summed E-state index contributed by atoms with van der Waals surface area (Å²) in [7, 11) is -3.89. The summed E-state index contributed by atoms with van der Waals surface area (Å²) in [6.45, 7) is 1.51. The van der Waals surface area contributed by atoms with Gasteiger partial charge in [0, 0.05) is 12.8 Å². The topological polar surface area (TPSA) is 129 Å². The fourth-order valence-electron chi connectivity index (χ4n) is 4.50. The average molecular weight is 663 g/mol. The molecule has 0 radical (unpaired) electrons. The van der Waals surface area contributed by atoms with Gasteiger partial charge in [-0.05, 0) is 43.5 Å². The van der Waals surface area contributed by atoms with Crippen molar-refractivity contribution in [1.82, 2.24) is 10.3 Å². The monoisotopic (exact) mass is 663 g/mol. The number of anilines is 1. The van der Waals surface area contributed by atoms with Crippen molar-refractivity contribution in [3.8, 4) is 6.08 Å². The molecular formula is C24H24F2IN3O7S. The lowest BCUT2D eigenvalue weighted by molar-refractivity contribution is -0.150. The number of benzene rings is 1. The third kappa shape index (κ3) is 5.46. The maximum Gasteiger partial charge on any atom is 0.395 e. The zero-order valence-electron chi connectivity index (χ0n) is 20.3.